The summed E-state index contributed by atoms with van der Waals surface area (Å²) in [5.41, 5.74) is 14.5. The van der Waals surface area contributed by atoms with Gasteiger partial charge in [0.2, 0.25) is 0 Å². The maximum atomic E-state index is 11.7. The normalized spacial score (nSPS) is 11.8. The summed E-state index contributed by atoms with van der Waals surface area (Å²) < 4.78 is 0. The van der Waals surface area contributed by atoms with Crippen LogP contribution in [0.4, 0.5) is 5.69 Å². The van der Waals surface area contributed by atoms with E-state index in [1.165, 1.54) is 60.3 Å². The van der Waals surface area contributed by atoms with Gasteiger partial charge in [0.1, 0.15) is 0 Å². The number of benzene rings is 11. The highest BCUT2D eigenvalue weighted by atomic mass is 16.1. The van der Waals surface area contributed by atoms with Crippen LogP contribution in [0.5, 0.6) is 0 Å². The molecule has 12 aromatic rings. The average molecular weight is 884 g/mol. The first-order valence-corrected chi connectivity index (χ1v) is 23.3. The van der Waals surface area contributed by atoms with E-state index in [-0.39, 0.29) is 5.78 Å². The lowest BCUT2D eigenvalue weighted by Crippen LogP contribution is -2.08. The molecule has 0 aliphatic carbocycles. The Morgan fingerprint density at radius 2 is 0.913 bits per heavy atom. The van der Waals surface area contributed by atoms with Gasteiger partial charge in [0.15, 0.2) is 11.6 Å². The van der Waals surface area contributed by atoms with Crippen molar-refractivity contribution in [2.75, 3.05) is 0 Å². The van der Waals surface area contributed by atoms with Gasteiger partial charge in [-0.15, -0.1) is 0 Å². The second-order valence-corrected chi connectivity index (χ2v) is 17.0. The molecule has 4 heteroatoms. The van der Waals surface area contributed by atoms with E-state index in [9.17, 15) is 4.79 Å². The fraction of sp³-hybridized carbons (Fsp3) is 0.0154. The lowest BCUT2D eigenvalue weighted by Gasteiger charge is -2.18. The molecule has 11 aromatic carbocycles. The highest BCUT2D eigenvalue weighted by molar-refractivity contribution is 6.27. The van der Waals surface area contributed by atoms with Gasteiger partial charge < -0.3 is 0 Å². The Balaban J connectivity index is 0.000000125. The van der Waals surface area contributed by atoms with E-state index in [0.29, 0.717) is 0 Å². The van der Waals surface area contributed by atoms with Gasteiger partial charge in [-0.05, 0) is 85.4 Å². The SMILES string of the molecule is O=C(/C=C/c1ccccc1)c1ccccc1.c1ccc(-c2nc3ccc4c(-c5ccccc5)cc(-c5ccccc5)c5ccc(n2)c3c45)cc1.c1ccc(C2=Nc3cccc4cccc(c34)C2)cc1. The maximum absolute atomic E-state index is 11.7. The second kappa shape index (κ2) is 19.4. The molecule has 4 nitrogen and oxygen atoms in total. The fourth-order valence-electron chi connectivity index (χ4n) is 9.31. The summed E-state index contributed by atoms with van der Waals surface area (Å²) in [4.78, 5) is 26.6. The fourth-order valence-corrected chi connectivity index (χ4v) is 9.31. The highest BCUT2D eigenvalue weighted by Gasteiger charge is 2.19. The minimum absolute atomic E-state index is 0.0319. The van der Waals surface area contributed by atoms with E-state index in [0.717, 1.165) is 56.8 Å². The van der Waals surface area contributed by atoms with Crippen molar-refractivity contribution >= 4 is 66.6 Å². The van der Waals surface area contributed by atoms with Crippen LogP contribution >= 0.6 is 0 Å². The molecule has 0 saturated carbocycles. The van der Waals surface area contributed by atoms with Gasteiger partial charge in [0, 0.05) is 33.7 Å². The highest BCUT2D eigenvalue weighted by Crippen LogP contribution is 2.44. The first-order chi connectivity index (χ1) is 34.1. The molecule has 326 valence electrons. The molecule has 69 heavy (non-hydrogen) atoms. The lowest BCUT2D eigenvalue weighted by atomic mass is 9.87. The summed E-state index contributed by atoms with van der Waals surface area (Å²) >= 11 is 0. The average Bonchev–Trinajstić information content (AvgIpc) is 3.43. The Morgan fingerprint density at radius 3 is 1.48 bits per heavy atom. The molecular weight excluding hydrogens is 839 g/mol. The summed E-state index contributed by atoms with van der Waals surface area (Å²) in [6.45, 7) is 0. The van der Waals surface area contributed by atoms with Crippen molar-refractivity contribution in [2.45, 2.75) is 6.42 Å². The Hall–Kier alpha value is -9.12. The third-order valence-electron chi connectivity index (χ3n) is 12.6. The van der Waals surface area contributed by atoms with Gasteiger partial charge in [-0.25, -0.2) is 9.97 Å². The maximum Gasteiger partial charge on any atom is 0.185 e. The van der Waals surface area contributed by atoms with Gasteiger partial charge in [-0.2, -0.15) is 0 Å². The third-order valence-corrected chi connectivity index (χ3v) is 12.6. The van der Waals surface area contributed by atoms with E-state index in [4.69, 9.17) is 15.0 Å². The Kier molecular flexibility index (Phi) is 11.9. The smallest absolute Gasteiger partial charge is 0.185 e. The molecule has 2 heterocycles. The molecule has 1 aliphatic heterocycles. The molecule has 13 rings (SSSR count). The molecule has 0 spiro atoms. The predicted octanol–water partition coefficient (Wildman–Crippen LogP) is 16.5. The number of rotatable bonds is 7. The van der Waals surface area contributed by atoms with Crippen molar-refractivity contribution < 1.29 is 4.79 Å². The quantitative estimate of drug-likeness (QED) is 0.0910. The van der Waals surface area contributed by atoms with E-state index < -0.39 is 0 Å². The summed E-state index contributed by atoms with van der Waals surface area (Å²) in [6.07, 6.45) is 4.35. The Labute approximate surface area is 401 Å². The summed E-state index contributed by atoms with van der Waals surface area (Å²) in [7, 11) is 0. The zero-order valence-electron chi connectivity index (χ0n) is 37.8. The van der Waals surface area contributed by atoms with Gasteiger partial charge in [-0.3, -0.25) is 9.79 Å². The first-order valence-electron chi connectivity index (χ1n) is 23.3. The van der Waals surface area contributed by atoms with Crippen molar-refractivity contribution in [2.24, 2.45) is 4.99 Å². The molecule has 0 unspecified atom stereocenters. The molecule has 1 aliphatic rings. The minimum atomic E-state index is 0.0319. The number of hydrogen-bond donors (Lipinski definition) is 0. The van der Waals surface area contributed by atoms with Crippen LogP contribution in [0.2, 0.25) is 0 Å². The summed E-state index contributed by atoms with van der Waals surface area (Å²) in [5.74, 6) is 0.794. The molecular formula is C65H45N3O. The van der Waals surface area contributed by atoms with E-state index >= 15 is 0 Å². The van der Waals surface area contributed by atoms with Gasteiger partial charge in [0.05, 0.1) is 22.4 Å². The zero-order valence-corrected chi connectivity index (χ0v) is 37.8. The summed E-state index contributed by atoms with van der Waals surface area (Å²) in [5, 5.41) is 7.42. The first kappa shape index (κ1) is 42.5. The number of hydrogen-bond acceptors (Lipinski definition) is 4. The number of carbonyl (C=O) groups excluding carboxylic acids is 1. The van der Waals surface area contributed by atoms with E-state index in [1.807, 2.05) is 91.0 Å². The Morgan fingerprint density at radius 1 is 0.420 bits per heavy atom. The lowest BCUT2D eigenvalue weighted by molar-refractivity contribution is 0.104. The van der Waals surface area contributed by atoms with E-state index in [1.54, 1.807) is 6.08 Å². The van der Waals surface area contributed by atoms with Crippen LogP contribution in [0, 0.1) is 0 Å². The van der Waals surface area contributed by atoms with Gasteiger partial charge in [-0.1, -0.05) is 231 Å². The van der Waals surface area contributed by atoms with Crippen LogP contribution in [0.25, 0.3) is 83.1 Å². The molecule has 0 N–H and O–H groups in total. The monoisotopic (exact) mass is 883 g/mol. The number of carbonyl (C=O) groups is 1. The number of aliphatic imine (C=N–C) groups is 1. The topological polar surface area (TPSA) is 55.2 Å². The van der Waals surface area contributed by atoms with Crippen molar-refractivity contribution in [3.63, 3.8) is 0 Å². The van der Waals surface area contributed by atoms with Crippen LogP contribution < -0.4 is 0 Å². The Bertz CT molecular complexity index is 3670. The van der Waals surface area contributed by atoms with Crippen LogP contribution in [0.3, 0.4) is 0 Å². The molecule has 0 fully saturated rings. The van der Waals surface area contributed by atoms with Crippen molar-refractivity contribution in [3.8, 4) is 33.6 Å². The molecule has 0 saturated heterocycles. The van der Waals surface area contributed by atoms with Crippen molar-refractivity contribution in [3.05, 3.63) is 277 Å². The predicted molar refractivity (Wildman–Crippen MR) is 289 cm³/mol. The molecule has 0 atom stereocenters. The molecule has 0 amide bonds. The van der Waals surface area contributed by atoms with Crippen LogP contribution in [0.15, 0.2) is 260 Å². The van der Waals surface area contributed by atoms with Crippen LogP contribution in [0.1, 0.15) is 27.0 Å². The summed E-state index contributed by atoms with van der Waals surface area (Å²) in [6, 6.07) is 84.9. The van der Waals surface area contributed by atoms with Gasteiger partial charge >= 0.3 is 0 Å². The van der Waals surface area contributed by atoms with Gasteiger partial charge in [0.25, 0.3) is 0 Å². The number of allylic oxidation sites excluding steroid dienone is 1. The van der Waals surface area contributed by atoms with E-state index in [2.05, 4.69) is 164 Å². The zero-order chi connectivity index (χ0) is 46.4. The van der Waals surface area contributed by atoms with Crippen molar-refractivity contribution in [1.82, 2.24) is 9.97 Å². The third kappa shape index (κ3) is 8.95. The molecule has 0 radical (unpaired) electrons. The largest absolute Gasteiger partial charge is 0.289 e. The standard InChI is InChI=1S/C32H20N2.C18H13N.C15H12O/c1-4-10-21(11-5-1)26-20-27(22-12-6-2-7-13-22)25-17-19-29-31-28(18-16-24(26)30(25)31)33-32(34-29)23-14-8-3-9-15-23;1-2-6-13(7-3-1)17-12-15-10-4-8-14-9-5-11-16(19-17)18(14)15;16-15(14-9-5-2-6-10-14)12-11-13-7-3-1-4-8-13/h1-20H;1-11H,12H2;1-12H/b;;12-11+. The second-order valence-electron chi connectivity index (χ2n) is 17.0. The number of ketones is 1. The molecule has 1 aromatic heterocycles. The number of aromatic nitrogens is 2. The number of nitrogens with zero attached hydrogens (tertiary/aromatic N) is 3. The molecule has 0 bridgehead atoms. The van der Waals surface area contributed by atoms with Crippen LogP contribution in [-0.2, 0) is 6.42 Å². The van der Waals surface area contributed by atoms with Crippen molar-refractivity contribution in [1.29, 1.82) is 0 Å². The minimum Gasteiger partial charge on any atom is -0.289 e. The van der Waals surface area contributed by atoms with Crippen LogP contribution in [-0.4, -0.2) is 21.5 Å².